The van der Waals surface area contributed by atoms with E-state index in [1.54, 1.807) is 0 Å². The van der Waals surface area contributed by atoms with Gasteiger partial charge in [0.1, 0.15) is 5.82 Å². The SMILES string of the molecule is CNc1ccc(Cn2nc(C)c(C)c2C)cn1. The third kappa shape index (κ3) is 2.30. The average molecular weight is 230 g/mol. The fourth-order valence-corrected chi connectivity index (χ4v) is 1.78. The summed E-state index contributed by atoms with van der Waals surface area (Å²) in [7, 11) is 1.87. The molecule has 1 N–H and O–H groups in total. The van der Waals surface area contributed by atoms with Gasteiger partial charge in [0.05, 0.1) is 12.2 Å². The van der Waals surface area contributed by atoms with Gasteiger partial charge in [0.15, 0.2) is 0 Å². The number of pyridine rings is 1. The number of aryl methyl sites for hydroxylation is 1. The molecule has 2 aromatic heterocycles. The van der Waals surface area contributed by atoms with E-state index in [1.807, 2.05) is 30.9 Å². The van der Waals surface area contributed by atoms with Crippen molar-refractivity contribution in [1.29, 1.82) is 0 Å². The highest BCUT2D eigenvalue weighted by Crippen LogP contribution is 2.13. The Morgan fingerprint density at radius 2 is 2.00 bits per heavy atom. The standard InChI is InChI=1S/C13H18N4/c1-9-10(2)16-17(11(9)3)8-12-5-6-13(14-4)15-7-12/h5-7H,8H2,1-4H3,(H,14,15). The third-order valence-electron chi connectivity index (χ3n) is 3.16. The van der Waals surface area contributed by atoms with Crippen LogP contribution in [-0.4, -0.2) is 21.8 Å². The van der Waals surface area contributed by atoms with Gasteiger partial charge in [-0.3, -0.25) is 4.68 Å². The molecule has 4 heteroatoms. The van der Waals surface area contributed by atoms with Crippen LogP contribution >= 0.6 is 0 Å². The quantitative estimate of drug-likeness (QED) is 0.879. The first-order chi connectivity index (χ1) is 8.11. The zero-order chi connectivity index (χ0) is 12.4. The largest absolute Gasteiger partial charge is 0.373 e. The van der Waals surface area contributed by atoms with Gasteiger partial charge in [-0.25, -0.2) is 4.98 Å². The van der Waals surface area contributed by atoms with Gasteiger partial charge in [-0.05, 0) is 38.0 Å². The van der Waals surface area contributed by atoms with Gasteiger partial charge in [0.2, 0.25) is 0 Å². The number of hydrogen-bond acceptors (Lipinski definition) is 3. The molecule has 90 valence electrons. The molecule has 0 radical (unpaired) electrons. The minimum Gasteiger partial charge on any atom is -0.373 e. The lowest BCUT2D eigenvalue weighted by atomic mass is 10.2. The fourth-order valence-electron chi connectivity index (χ4n) is 1.78. The Hall–Kier alpha value is -1.84. The Labute approximate surface area is 102 Å². The summed E-state index contributed by atoms with van der Waals surface area (Å²) in [5.41, 5.74) is 4.75. The minimum absolute atomic E-state index is 0.775. The monoisotopic (exact) mass is 230 g/mol. The molecule has 0 aromatic carbocycles. The Bertz CT molecular complexity index is 511. The fraction of sp³-hybridized carbons (Fsp3) is 0.385. The molecule has 0 unspecified atom stereocenters. The van der Waals surface area contributed by atoms with Crippen LogP contribution in [0.5, 0.6) is 0 Å². The van der Waals surface area contributed by atoms with Crippen LogP contribution in [0.1, 0.15) is 22.5 Å². The van der Waals surface area contributed by atoms with Crippen molar-refractivity contribution in [1.82, 2.24) is 14.8 Å². The summed E-state index contributed by atoms with van der Waals surface area (Å²) >= 11 is 0. The van der Waals surface area contributed by atoms with Crippen LogP contribution in [0, 0.1) is 20.8 Å². The van der Waals surface area contributed by atoms with Gasteiger partial charge in [-0.1, -0.05) is 6.07 Å². The Kier molecular flexibility index (Phi) is 3.13. The van der Waals surface area contributed by atoms with Crippen molar-refractivity contribution in [3.05, 3.63) is 40.8 Å². The van der Waals surface area contributed by atoms with Gasteiger partial charge >= 0.3 is 0 Å². The Morgan fingerprint density at radius 3 is 2.47 bits per heavy atom. The van der Waals surface area contributed by atoms with E-state index in [0.717, 1.165) is 23.6 Å². The van der Waals surface area contributed by atoms with Gasteiger partial charge in [0, 0.05) is 18.9 Å². The summed E-state index contributed by atoms with van der Waals surface area (Å²) in [4.78, 5) is 4.30. The minimum atomic E-state index is 0.775. The van der Waals surface area contributed by atoms with Gasteiger partial charge < -0.3 is 5.32 Å². The Balaban J connectivity index is 2.22. The van der Waals surface area contributed by atoms with Crippen LogP contribution in [0.25, 0.3) is 0 Å². The number of hydrogen-bond donors (Lipinski definition) is 1. The smallest absolute Gasteiger partial charge is 0.125 e. The van der Waals surface area contributed by atoms with Gasteiger partial charge in [-0.15, -0.1) is 0 Å². The second-order valence-corrected chi connectivity index (χ2v) is 4.26. The third-order valence-corrected chi connectivity index (χ3v) is 3.16. The highest BCUT2D eigenvalue weighted by molar-refractivity contribution is 5.34. The summed E-state index contributed by atoms with van der Waals surface area (Å²) < 4.78 is 2.03. The van der Waals surface area contributed by atoms with E-state index in [-0.39, 0.29) is 0 Å². The molecule has 2 rings (SSSR count). The van der Waals surface area contributed by atoms with Crippen LogP contribution in [0.4, 0.5) is 5.82 Å². The summed E-state index contributed by atoms with van der Waals surface area (Å²) in [6.07, 6.45) is 1.89. The van der Waals surface area contributed by atoms with Crippen LogP contribution in [-0.2, 0) is 6.54 Å². The van der Waals surface area contributed by atoms with E-state index in [0.29, 0.717) is 0 Å². The molecule has 0 atom stereocenters. The average Bonchev–Trinajstić information content (AvgIpc) is 2.58. The van der Waals surface area contributed by atoms with E-state index in [1.165, 1.54) is 11.3 Å². The molecule has 0 aliphatic rings. The molecule has 2 heterocycles. The lowest BCUT2D eigenvalue weighted by molar-refractivity contribution is 0.657. The van der Waals surface area contributed by atoms with E-state index in [9.17, 15) is 0 Å². The van der Waals surface area contributed by atoms with E-state index in [2.05, 4.69) is 35.3 Å². The second kappa shape index (κ2) is 4.57. The molecule has 0 aliphatic carbocycles. The van der Waals surface area contributed by atoms with Crippen molar-refractivity contribution in [2.24, 2.45) is 0 Å². The summed E-state index contributed by atoms with van der Waals surface area (Å²) in [5.74, 6) is 0.887. The van der Waals surface area contributed by atoms with Crippen LogP contribution < -0.4 is 5.32 Å². The van der Waals surface area contributed by atoms with Crippen LogP contribution in [0.2, 0.25) is 0 Å². The Morgan fingerprint density at radius 1 is 1.24 bits per heavy atom. The zero-order valence-electron chi connectivity index (χ0n) is 10.8. The number of rotatable bonds is 3. The predicted octanol–water partition coefficient (Wildman–Crippen LogP) is 2.29. The van der Waals surface area contributed by atoms with Crippen molar-refractivity contribution in [3.8, 4) is 0 Å². The topological polar surface area (TPSA) is 42.7 Å². The van der Waals surface area contributed by atoms with Gasteiger partial charge in [0.25, 0.3) is 0 Å². The summed E-state index contributed by atoms with van der Waals surface area (Å²) in [6.45, 7) is 7.03. The molecular formula is C13H18N4. The molecular weight excluding hydrogens is 212 g/mol. The van der Waals surface area contributed by atoms with Crippen molar-refractivity contribution in [2.75, 3.05) is 12.4 Å². The molecule has 0 fully saturated rings. The van der Waals surface area contributed by atoms with Crippen molar-refractivity contribution < 1.29 is 0 Å². The lowest BCUT2D eigenvalue weighted by Crippen LogP contribution is -2.05. The molecule has 0 bridgehead atoms. The summed E-state index contributed by atoms with van der Waals surface area (Å²) in [5, 5.41) is 7.53. The molecule has 2 aromatic rings. The first kappa shape index (κ1) is 11.6. The molecule has 0 saturated carbocycles. The van der Waals surface area contributed by atoms with Crippen molar-refractivity contribution >= 4 is 5.82 Å². The maximum absolute atomic E-state index is 4.52. The number of nitrogens with zero attached hydrogens (tertiary/aromatic N) is 3. The molecule has 0 amide bonds. The van der Waals surface area contributed by atoms with Crippen LogP contribution in [0.3, 0.4) is 0 Å². The number of nitrogens with one attached hydrogen (secondary N) is 1. The highest BCUT2D eigenvalue weighted by atomic mass is 15.3. The molecule has 4 nitrogen and oxygen atoms in total. The van der Waals surface area contributed by atoms with E-state index < -0.39 is 0 Å². The number of aromatic nitrogens is 3. The molecule has 0 aliphatic heterocycles. The first-order valence-corrected chi connectivity index (χ1v) is 5.75. The second-order valence-electron chi connectivity index (χ2n) is 4.26. The molecule has 0 saturated heterocycles. The highest BCUT2D eigenvalue weighted by Gasteiger charge is 2.07. The molecule has 0 spiro atoms. The lowest BCUT2D eigenvalue weighted by Gasteiger charge is -2.05. The predicted molar refractivity (Wildman–Crippen MR) is 69.3 cm³/mol. The normalized spacial score (nSPS) is 10.6. The van der Waals surface area contributed by atoms with Crippen molar-refractivity contribution in [3.63, 3.8) is 0 Å². The van der Waals surface area contributed by atoms with Crippen molar-refractivity contribution in [2.45, 2.75) is 27.3 Å². The van der Waals surface area contributed by atoms with Gasteiger partial charge in [-0.2, -0.15) is 5.10 Å². The summed E-state index contributed by atoms with van der Waals surface area (Å²) in [6, 6.07) is 4.05. The van der Waals surface area contributed by atoms with E-state index >= 15 is 0 Å². The maximum atomic E-state index is 4.52. The molecule has 17 heavy (non-hydrogen) atoms. The maximum Gasteiger partial charge on any atom is 0.125 e. The van der Waals surface area contributed by atoms with E-state index in [4.69, 9.17) is 0 Å². The van der Waals surface area contributed by atoms with Crippen LogP contribution in [0.15, 0.2) is 18.3 Å². The zero-order valence-corrected chi connectivity index (χ0v) is 10.8. The number of anilines is 1. The first-order valence-electron chi connectivity index (χ1n) is 5.75.